The van der Waals surface area contributed by atoms with Gasteiger partial charge in [-0.2, -0.15) is 5.10 Å². The van der Waals surface area contributed by atoms with Crippen LogP contribution in [0.3, 0.4) is 0 Å². The summed E-state index contributed by atoms with van der Waals surface area (Å²) in [6.07, 6.45) is 0. The number of aryl methyl sites for hydroxylation is 2. The Kier molecular flexibility index (Phi) is 4.64. The SMILES string of the molecule is CCn1nc(C)c([N+](=O)[O-])c1NCCNC(C)=O. The first-order chi connectivity index (χ1) is 8.47. The molecule has 8 heteroatoms. The highest BCUT2D eigenvalue weighted by atomic mass is 16.6. The highest BCUT2D eigenvalue weighted by molar-refractivity contribution is 5.72. The van der Waals surface area contributed by atoms with Gasteiger partial charge in [-0.3, -0.25) is 14.9 Å². The van der Waals surface area contributed by atoms with E-state index in [4.69, 9.17) is 0 Å². The average Bonchev–Trinajstić information content (AvgIpc) is 2.60. The maximum atomic E-state index is 11.0. The van der Waals surface area contributed by atoms with Crippen LogP contribution in [0, 0.1) is 17.0 Å². The summed E-state index contributed by atoms with van der Waals surface area (Å²) in [7, 11) is 0. The average molecular weight is 255 g/mol. The molecular weight excluding hydrogens is 238 g/mol. The minimum absolute atomic E-state index is 0.0142. The molecule has 0 unspecified atom stereocenters. The largest absolute Gasteiger partial charge is 0.363 e. The van der Waals surface area contributed by atoms with Gasteiger partial charge in [0, 0.05) is 26.6 Å². The summed E-state index contributed by atoms with van der Waals surface area (Å²) in [5, 5.41) is 20.6. The smallest absolute Gasteiger partial charge is 0.333 e. The molecule has 0 saturated carbocycles. The van der Waals surface area contributed by atoms with Crippen molar-refractivity contribution in [3.8, 4) is 0 Å². The molecule has 1 aromatic heterocycles. The zero-order chi connectivity index (χ0) is 13.7. The third-order valence-electron chi connectivity index (χ3n) is 2.37. The molecular formula is C10H17N5O3. The number of amides is 1. The normalized spacial score (nSPS) is 10.2. The van der Waals surface area contributed by atoms with Crippen LogP contribution >= 0.6 is 0 Å². The van der Waals surface area contributed by atoms with Crippen molar-refractivity contribution in [3.63, 3.8) is 0 Å². The number of aromatic nitrogens is 2. The Morgan fingerprint density at radius 3 is 2.67 bits per heavy atom. The lowest BCUT2D eigenvalue weighted by Gasteiger charge is -2.07. The predicted molar refractivity (Wildman–Crippen MR) is 66.5 cm³/mol. The van der Waals surface area contributed by atoms with Crippen molar-refractivity contribution in [1.82, 2.24) is 15.1 Å². The number of carbonyl (C=O) groups excluding carboxylic acids is 1. The Morgan fingerprint density at radius 2 is 2.17 bits per heavy atom. The lowest BCUT2D eigenvalue weighted by molar-refractivity contribution is -0.384. The molecule has 0 bridgehead atoms. The highest BCUT2D eigenvalue weighted by Crippen LogP contribution is 2.27. The zero-order valence-electron chi connectivity index (χ0n) is 10.7. The number of carbonyl (C=O) groups is 1. The first-order valence-electron chi connectivity index (χ1n) is 5.67. The molecule has 1 aromatic rings. The van der Waals surface area contributed by atoms with Gasteiger partial charge < -0.3 is 10.6 Å². The predicted octanol–water partition coefficient (Wildman–Crippen LogP) is 0.668. The van der Waals surface area contributed by atoms with E-state index in [2.05, 4.69) is 15.7 Å². The van der Waals surface area contributed by atoms with E-state index in [1.54, 1.807) is 11.6 Å². The Morgan fingerprint density at radius 1 is 1.50 bits per heavy atom. The number of anilines is 1. The molecule has 2 N–H and O–H groups in total. The van der Waals surface area contributed by atoms with Crippen molar-refractivity contribution in [1.29, 1.82) is 0 Å². The molecule has 0 atom stereocenters. The van der Waals surface area contributed by atoms with E-state index < -0.39 is 4.92 Å². The fourth-order valence-electron chi connectivity index (χ4n) is 1.61. The number of rotatable bonds is 6. The zero-order valence-corrected chi connectivity index (χ0v) is 10.7. The van der Waals surface area contributed by atoms with Gasteiger partial charge in [0.15, 0.2) is 0 Å². The van der Waals surface area contributed by atoms with E-state index in [-0.39, 0.29) is 11.6 Å². The molecule has 0 spiro atoms. The molecule has 8 nitrogen and oxygen atoms in total. The van der Waals surface area contributed by atoms with E-state index >= 15 is 0 Å². The van der Waals surface area contributed by atoms with Crippen LogP contribution in [-0.2, 0) is 11.3 Å². The van der Waals surface area contributed by atoms with Crippen molar-refractivity contribution in [3.05, 3.63) is 15.8 Å². The van der Waals surface area contributed by atoms with Crippen molar-refractivity contribution in [2.45, 2.75) is 27.3 Å². The third kappa shape index (κ3) is 3.19. The molecule has 0 aliphatic heterocycles. The maximum absolute atomic E-state index is 11.0. The van der Waals surface area contributed by atoms with Crippen molar-refractivity contribution in [2.75, 3.05) is 18.4 Å². The quantitative estimate of drug-likeness (QED) is 0.442. The summed E-state index contributed by atoms with van der Waals surface area (Å²) >= 11 is 0. The number of nitrogens with zero attached hydrogens (tertiary/aromatic N) is 3. The Balaban J connectivity index is 2.79. The van der Waals surface area contributed by atoms with Crippen LogP contribution in [0.25, 0.3) is 0 Å². The molecule has 100 valence electrons. The van der Waals surface area contributed by atoms with Gasteiger partial charge in [0.25, 0.3) is 0 Å². The molecule has 0 radical (unpaired) electrons. The minimum Gasteiger partial charge on any atom is -0.363 e. The molecule has 0 saturated heterocycles. The van der Waals surface area contributed by atoms with Crippen LogP contribution in [0.1, 0.15) is 19.5 Å². The molecule has 1 amide bonds. The maximum Gasteiger partial charge on any atom is 0.333 e. The van der Waals surface area contributed by atoms with Gasteiger partial charge in [-0.15, -0.1) is 0 Å². The summed E-state index contributed by atoms with van der Waals surface area (Å²) in [5.74, 6) is 0.247. The standard InChI is InChI=1S/C10H17N5O3/c1-4-14-10(12-6-5-11-8(3)16)9(15(17)18)7(2)13-14/h12H,4-6H2,1-3H3,(H,11,16). The number of nitro groups is 1. The fraction of sp³-hybridized carbons (Fsp3) is 0.600. The summed E-state index contributed by atoms with van der Waals surface area (Å²) in [4.78, 5) is 21.2. The molecule has 0 fully saturated rings. The lowest BCUT2D eigenvalue weighted by atomic mass is 10.4. The number of hydrogen-bond acceptors (Lipinski definition) is 5. The van der Waals surface area contributed by atoms with Crippen LogP contribution in [0.2, 0.25) is 0 Å². The van der Waals surface area contributed by atoms with Crippen LogP contribution in [0.4, 0.5) is 11.5 Å². The molecule has 18 heavy (non-hydrogen) atoms. The second kappa shape index (κ2) is 5.99. The van der Waals surface area contributed by atoms with Gasteiger partial charge in [-0.1, -0.05) is 0 Å². The third-order valence-corrected chi connectivity index (χ3v) is 2.37. The molecule has 0 aromatic carbocycles. The van der Waals surface area contributed by atoms with Crippen molar-refractivity contribution in [2.24, 2.45) is 0 Å². The second-order valence-electron chi connectivity index (χ2n) is 3.77. The van der Waals surface area contributed by atoms with Gasteiger partial charge in [0.05, 0.1) is 4.92 Å². The first-order valence-corrected chi connectivity index (χ1v) is 5.67. The summed E-state index contributed by atoms with van der Waals surface area (Å²) < 4.78 is 1.54. The Hall–Kier alpha value is -2.12. The van der Waals surface area contributed by atoms with Gasteiger partial charge in [0.2, 0.25) is 11.7 Å². The summed E-state index contributed by atoms with van der Waals surface area (Å²) in [6, 6.07) is 0. The van der Waals surface area contributed by atoms with Crippen molar-refractivity contribution < 1.29 is 9.72 Å². The molecule has 1 heterocycles. The Labute approximate surface area is 105 Å². The van der Waals surface area contributed by atoms with Gasteiger partial charge in [0.1, 0.15) is 5.69 Å². The Bertz CT molecular complexity index is 455. The monoisotopic (exact) mass is 255 g/mol. The van der Waals surface area contributed by atoms with Crippen LogP contribution < -0.4 is 10.6 Å². The van der Waals surface area contributed by atoms with Gasteiger partial charge in [-0.25, -0.2) is 4.68 Å². The molecule has 1 rings (SSSR count). The minimum atomic E-state index is -0.449. The van der Waals surface area contributed by atoms with E-state index in [1.807, 2.05) is 6.92 Å². The van der Waals surface area contributed by atoms with Crippen LogP contribution in [0.5, 0.6) is 0 Å². The van der Waals surface area contributed by atoms with Crippen LogP contribution in [0.15, 0.2) is 0 Å². The van der Waals surface area contributed by atoms with E-state index in [1.165, 1.54) is 6.92 Å². The highest BCUT2D eigenvalue weighted by Gasteiger charge is 2.24. The number of hydrogen-bond donors (Lipinski definition) is 2. The van der Waals surface area contributed by atoms with E-state index in [9.17, 15) is 14.9 Å². The second-order valence-corrected chi connectivity index (χ2v) is 3.77. The molecule has 0 aliphatic rings. The fourth-order valence-corrected chi connectivity index (χ4v) is 1.61. The topological polar surface area (TPSA) is 102 Å². The summed E-state index contributed by atoms with van der Waals surface area (Å²) in [6.45, 7) is 6.23. The van der Waals surface area contributed by atoms with Gasteiger partial charge >= 0.3 is 5.69 Å². The van der Waals surface area contributed by atoms with E-state index in [0.717, 1.165) is 0 Å². The summed E-state index contributed by atoms with van der Waals surface area (Å²) in [5.41, 5.74) is 0.364. The van der Waals surface area contributed by atoms with Crippen LogP contribution in [-0.4, -0.2) is 33.7 Å². The van der Waals surface area contributed by atoms with Gasteiger partial charge in [-0.05, 0) is 13.8 Å². The number of nitrogens with one attached hydrogen (secondary N) is 2. The van der Waals surface area contributed by atoms with E-state index in [0.29, 0.717) is 31.1 Å². The lowest BCUT2D eigenvalue weighted by Crippen LogP contribution is -2.27. The van der Waals surface area contributed by atoms with Crippen molar-refractivity contribution >= 4 is 17.4 Å². The first kappa shape index (κ1) is 13.9. The molecule has 0 aliphatic carbocycles.